The van der Waals surface area contributed by atoms with Crippen LogP contribution in [-0.4, -0.2) is 10.1 Å². The normalized spacial score (nSPS) is 10.2. The molecule has 0 spiro atoms. The Bertz CT molecular complexity index is 387. The van der Waals surface area contributed by atoms with Gasteiger partial charge in [-0.3, -0.25) is 0 Å². The average molecular weight is 199 g/mol. The Labute approximate surface area is 78.6 Å². The van der Waals surface area contributed by atoms with Gasteiger partial charge in [0.1, 0.15) is 11.5 Å². The van der Waals surface area contributed by atoms with E-state index in [0.717, 1.165) is 6.07 Å². The van der Waals surface area contributed by atoms with Crippen LogP contribution >= 0.6 is 0 Å². The summed E-state index contributed by atoms with van der Waals surface area (Å²) in [5.41, 5.74) is 4.34. The lowest BCUT2D eigenvalue weighted by molar-refractivity contribution is 0.141. The molecule has 3 N–H and O–H groups in total. The lowest BCUT2D eigenvalue weighted by atomic mass is 10.1. The van der Waals surface area contributed by atoms with Crippen LogP contribution in [0.4, 0.5) is 14.6 Å². The van der Waals surface area contributed by atoms with Crippen LogP contribution in [0.2, 0.25) is 0 Å². The van der Waals surface area contributed by atoms with E-state index in [2.05, 4.69) is 4.98 Å². The standard InChI is InChI=1S/C8H7F2N3O/c9-8(10)7-5(3-14)4(2-11)1-6(12)13-7/h1,8,14H,3H2,(H2,12,13). The van der Waals surface area contributed by atoms with E-state index >= 15 is 0 Å². The highest BCUT2D eigenvalue weighted by Crippen LogP contribution is 2.24. The maximum absolute atomic E-state index is 12.4. The van der Waals surface area contributed by atoms with E-state index in [0.29, 0.717) is 0 Å². The number of nitrogens with zero attached hydrogens (tertiary/aromatic N) is 2. The van der Waals surface area contributed by atoms with Crippen molar-refractivity contribution in [3.8, 4) is 6.07 Å². The van der Waals surface area contributed by atoms with Gasteiger partial charge in [0.05, 0.1) is 18.2 Å². The van der Waals surface area contributed by atoms with Gasteiger partial charge in [-0.25, -0.2) is 13.8 Å². The summed E-state index contributed by atoms with van der Waals surface area (Å²) >= 11 is 0. The van der Waals surface area contributed by atoms with Crippen LogP contribution in [-0.2, 0) is 6.61 Å². The molecule has 0 aliphatic heterocycles. The predicted octanol–water partition coefficient (Wildman–Crippen LogP) is 0.965. The second-order valence-electron chi connectivity index (χ2n) is 2.53. The summed E-state index contributed by atoms with van der Waals surface area (Å²) in [6.45, 7) is -0.657. The molecule has 14 heavy (non-hydrogen) atoms. The van der Waals surface area contributed by atoms with Gasteiger partial charge in [0.2, 0.25) is 0 Å². The number of nitriles is 1. The molecule has 0 aliphatic carbocycles. The minimum Gasteiger partial charge on any atom is -0.392 e. The number of hydrogen-bond donors (Lipinski definition) is 2. The number of aromatic nitrogens is 1. The van der Waals surface area contributed by atoms with Gasteiger partial charge >= 0.3 is 0 Å². The smallest absolute Gasteiger partial charge is 0.280 e. The Hall–Kier alpha value is -1.74. The number of alkyl halides is 2. The molecule has 0 aromatic carbocycles. The van der Waals surface area contributed by atoms with Crippen molar-refractivity contribution >= 4 is 5.82 Å². The third kappa shape index (κ3) is 1.78. The van der Waals surface area contributed by atoms with Gasteiger partial charge in [0.25, 0.3) is 6.43 Å². The summed E-state index contributed by atoms with van der Waals surface area (Å²) in [6, 6.07) is 2.82. The molecule has 0 atom stereocenters. The van der Waals surface area contributed by atoms with E-state index in [1.807, 2.05) is 0 Å². The molecule has 0 bridgehead atoms. The summed E-state index contributed by atoms with van der Waals surface area (Å²) < 4.78 is 24.7. The van der Waals surface area contributed by atoms with E-state index in [9.17, 15) is 8.78 Å². The van der Waals surface area contributed by atoms with Gasteiger partial charge in [-0.2, -0.15) is 5.26 Å². The molecule has 0 saturated heterocycles. The van der Waals surface area contributed by atoms with Crippen molar-refractivity contribution in [2.45, 2.75) is 13.0 Å². The number of hydrogen-bond acceptors (Lipinski definition) is 4. The summed E-state index contributed by atoms with van der Waals surface area (Å²) in [6.07, 6.45) is -2.85. The van der Waals surface area contributed by atoms with Crippen LogP contribution in [0.3, 0.4) is 0 Å². The van der Waals surface area contributed by atoms with Gasteiger partial charge in [-0.1, -0.05) is 0 Å². The highest BCUT2D eigenvalue weighted by atomic mass is 19.3. The van der Waals surface area contributed by atoms with Crippen molar-refractivity contribution in [2.24, 2.45) is 0 Å². The van der Waals surface area contributed by atoms with Gasteiger partial charge in [-0.05, 0) is 6.07 Å². The van der Waals surface area contributed by atoms with E-state index in [1.54, 1.807) is 6.07 Å². The number of anilines is 1. The minimum absolute atomic E-state index is 0.0738. The Morgan fingerprint density at radius 3 is 2.71 bits per heavy atom. The molecule has 1 rings (SSSR count). The fourth-order valence-electron chi connectivity index (χ4n) is 1.06. The molecule has 0 aliphatic rings. The highest BCUT2D eigenvalue weighted by molar-refractivity contribution is 5.47. The zero-order chi connectivity index (χ0) is 10.7. The van der Waals surface area contributed by atoms with Crippen molar-refractivity contribution < 1.29 is 13.9 Å². The molecule has 0 fully saturated rings. The van der Waals surface area contributed by atoms with Crippen LogP contribution in [0, 0.1) is 11.3 Å². The second-order valence-corrected chi connectivity index (χ2v) is 2.53. The fraction of sp³-hybridized carbons (Fsp3) is 0.250. The first kappa shape index (κ1) is 10.3. The van der Waals surface area contributed by atoms with Crippen molar-refractivity contribution in [1.29, 1.82) is 5.26 Å². The number of aliphatic hydroxyl groups is 1. The number of nitrogen functional groups attached to an aromatic ring is 1. The third-order valence-electron chi connectivity index (χ3n) is 1.66. The molecular formula is C8H7F2N3O. The highest BCUT2D eigenvalue weighted by Gasteiger charge is 2.18. The molecule has 0 amide bonds. The van der Waals surface area contributed by atoms with Crippen molar-refractivity contribution in [3.05, 3.63) is 22.9 Å². The van der Waals surface area contributed by atoms with Crippen molar-refractivity contribution in [1.82, 2.24) is 4.98 Å². The zero-order valence-corrected chi connectivity index (χ0v) is 7.04. The third-order valence-corrected chi connectivity index (χ3v) is 1.66. The van der Waals surface area contributed by atoms with Crippen LogP contribution < -0.4 is 5.73 Å². The second kappa shape index (κ2) is 3.98. The SMILES string of the molecule is N#Cc1cc(N)nc(C(F)F)c1CO. The van der Waals surface area contributed by atoms with Gasteiger partial charge < -0.3 is 10.8 Å². The van der Waals surface area contributed by atoms with Crippen molar-refractivity contribution in [2.75, 3.05) is 5.73 Å². The molecule has 0 unspecified atom stereocenters. The van der Waals surface area contributed by atoms with Crippen molar-refractivity contribution in [3.63, 3.8) is 0 Å². The molecule has 1 aromatic rings. The van der Waals surface area contributed by atoms with E-state index in [1.165, 1.54) is 0 Å². The lowest BCUT2D eigenvalue weighted by Crippen LogP contribution is -2.05. The summed E-state index contributed by atoms with van der Waals surface area (Å²) in [4.78, 5) is 3.37. The maximum atomic E-state index is 12.4. The molecule has 0 saturated carbocycles. The summed E-state index contributed by atoms with van der Waals surface area (Å²) in [7, 11) is 0. The minimum atomic E-state index is -2.85. The molecule has 0 radical (unpaired) electrons. The van der Waals surface area contributed by atoms with Gasteiger partial charge in [0, 0.05) is 5.56 Å². The largest absolute Gasteiger partial charge is 0.392 e. The Morgan fingerprint density at radius 2 is 2.29 bits per heavy atom. The van der Waals surface area contributed by atoms with Gasteiger partial charge in [0.15, 0.2) is 0 Å². The van der Waals surface area contributed by atoms with Crippen LogP contribution in [0.1, 0.15) is 23.2 Å². The van der Waals surface area contributed by atoms with Crippen LogP contribution in [0.15, 0.2) is 6.07 Å². The molecule has 6 heteroatoms. The monoisotopic (exact) mass is 199 g/mol. The first-order valence-corrected chi connectivity index (χ1v) is 3.68. The maximum Gasteiger partial charge on any atom is 0.280 e. The zero-order valence-electron chi connectivity index (χ0n) is 7.04. The number of rotatable bonds is 2. The van der Waals surface area contributed by atoms with E-state index in [4.69, 9.17) is 16.1 Å². The van der Waals surface area contributed by atoms with Crippen LogP contribution in [0.25, 0.3) is 0 Å². The summed E-state index contributed by atoms with van der Waals surface area (Å²) in [5.74, 6) is -0.158. The van der Waals surface area contributed by atoms with Gasteiger partial charge in [-0.15, -0.1) is 0 Å². The first-order chi connectivity index (χ1) is 6.60. The lowest BCUT2D eigenvalue weighted by Gasteiger charge is -2.07. The Balaban J connectivity index is 3.41. The average Bonchev–Trinajstić information content (AvgIpc) is 2.16. The predicted molar refractivity (Wildman–Crippen MR) is 44.2 cm³/mol. The summed E-state index contributed by atoms with van der Waals surface area (Å²) in [5, 5.41) is 17.4. The number of aliphatic hydroxyl groups excluding tert-OH is 1. The number of nitrogens with two attached hydrogens (primary N) is 1. The van der Waals surface area contributed by atoms with E-state index < -0.39 is 18.7 Å². The van der Waals surface area contributed by atoms with Crippen LogP contribution in [0.5, 0.6) is 0 Å². The molecule has 4 nitrogen and oxygen atoms in total. The number of halogens is 2. The number of pyridine rings is 1. The van der Waals surface area contributed by atoms with E-state index in [-0.39, 0.29) is 16.9 Å². The molecular weight excluding hydrogens is 192 g/mol. The quantitative estimate of drug-likeness (QED) is 0.743. The topological polar surface area (TPSA) is 82.9 Å². The Kier molecular flexibility index (Phi) is 2.94. The molecule has 1 heterocycles. The first-order valence-electron chi connectivity index (χ1n) is 3.68. The Morgan fingerprint density at radius 1 is 1.64 bits per heavy atom. The molecule has 74 valence electrons. The molecule has 1 aromatic heterocycles. The fourth-order valence-corrected chi connectivity index (χ4v) is 1.06.